The largest absolute Gasteiger partial charge is 0.469 e. The van der Waals surface area contributed by atoms with Crippen LogP contribution in [0, 0.1) is 6.92 Å². The SMILES string of the molecule is CCNC(=NCc1coc(-c2ccc(C)cc2)n1)NCCC(=O)OC.I. The number of esters is 1. The van der Waals surface area contributed by atoms with Crippen LogP contribution in [-0.2, 0) is 16.1 Å². The van der Waals surface area contributed by atoms with Gasteiger partial charge in [0.15, 0.2) is 5.96 Å². The van der Waals surface area contributed by atoms with Crippen molar-refractivity contribution in [3.05, 3.63) is 41.8 Å². The summed E-state index contributed by atoms with van der Waals surface area (Å²) in [6, 6.07) is 8.00. The zero-order valence-electron chi connectivity index (χ0n) is 15.2. The minimum Gasteiger partial charge on any atom is -0.469 e. The number of benzene rings is 1. The Kier molecular flexibility index (Phi) is 9.71. The number of aromatic nitrogens is 1. The van der Waals surface area contributed by atoms with E-state index in [0.717, 1.165) is 17.8 Å². The number of ether oxygens (including phenoxy) is 1. The van der Waals surface area contributed by atoms with Crippen molar-refractivity contribution in [1.29, 1.82) is 0 Å². The summed E-state index contributed by atoms with van der Waals surface area (Å²) in [5, 5.41) is 6.20. The molecule has 0 amide bonds. The summed E-state index contributed by atoms with van der Waals surface area (Å²) in [7, 11) is 1.37. The fourth-order valence-corrected chi connectivity index (χ4v) is 2.10. The Morgan fingerprint density at radius 2 is 2.00 bits per heavy atom. The monoisotopic (exact) mass is 472 g/mol. The second-order valence-corrected chi connectivity index (χ2v) is 5.46. The fraction of sp³-hybridized carbons (Fsp3) is 0.389. The first-order chi connectivity index (χ1) is 12.1. The van der Waals surface area contributed by atoms with E-state index in [2.05, 4.69) is 25.3 Å². The molecule has 2 aromatic rings. The molecule has 0 aliphatic rings. The molecule has 0 fully saturated rings. The molecule has 2 N–H and O–H groups in total. The number of oxazole rings is 1. The Hall–Kier alpha value is -2.10. The molecule has 0 atom stereocenters. The molecule has 0 aliphatic carbocycles. The lowest BCUT2D eigenvalue weighted by Gasteiger charge is -2.10. The molecule has 0 unspecified atom stereocenters. The number of methoxy groups -OCH3 is 1. The predicted molar refractivity (Wildman–Crippen MR) is 112 cm³/mol. The van der Waals surface area contributed by atoms with Gasteiger partial charge in [0.05, 0.1) is 20.1 Å². The molecule has 0 aliphatic heterocycles. The maximum Gasteiger partial charge on any atom is 0.307 e. The van der Waals surface area contributed by atoms with E-state index >= 15 is 0 Å². The maximum absolute atomic E-state index is 11.1. The smallest absolute Gasteiger partial charge is 0.307 e. The third kappa shape index (κ3) is 7.03. The highest BCUT2D eigenvalue weighted by atomic mass is 127. The van der Waals surface area contributed by atoms with Gasteiger partial charge in [0, 0.05) is 18.7 Å². The summed E-state index contributed by atoms with van der Waals surface area (Å²) in [5.41, 5.74) is 2.86. The first-order valence-corrected chi connectivity index (χ1v) is 8.22. The average molecular weight is 472 g/mol. The van der Waals surface area contributed by atoms with Crippen molar-refractivity contribution in [1.82, 2.24) is 15.6 Å². The van der Waals surface area contributed by atoms with E-state index in [4.69, 9.17) is 4.42 Å². The summed E-state index contributed by atoms with van der Waals surface area (Å²) < 4.78 is 10.1. The highest BCUT2D eigenvalue weighted by Crippen LogP contribution is 2.19. The maximum atomic E-state index is 11.1. The van der Waals surface area contributed by atoms with E-state index in [1.54, 1.807) is 6.26 Å². The number of carbonyl (C=O) groups is 1. The van der Waals surface area contributed by atoms with Crippen molar-refractivity contribution in [2.75, 3.05) is 20.2 Å². The van der Waals surface area contributed by atoms with E-state index in [1.807, 2.05) is 38.1 Å². The van der Waals surface area contributed by atoms with Crippen molar-refractivity contribution in [3.63, 3.8) is 0 Å². The molecule has 26 heavy (non-hydrogen) atoms. The fourth-order valence-electron chi connectivity index (χ4n) is 2.10. The van der Waals surface area contributed by atoms with Gasteiger partial charge in [-0.05, 0) is 26.0 Å². The van der Waals surface area contributed by atoms with Gasteiger partial charge < -0.3 is 19.8 Å². The number of carbonyl (C=O) groups excluding carboxylic acids is 1. The molecule has 0 saturated carbocycles. The highest BCUT2D eigenvalue weighted by Gasteiger charge is 2.07. The first-order valence-electron chi connectivity index (χ1n) is 8.22. The number of rotatable bonds is 7. The molecular formula is C18H25IN4O3. The van der Waals surface area contributed by atoms with E-state index in [0.29, 0.717) is 24.9 Å². The van der Waals surface area contributed by atoms with Gasteiger partial charge in [0.2, 0.25) is 5.89 Å². The van der Waals surface area contributed by atoms with Crippen LogP contribution in [0.4, 0.5) is 0 Å². The predicted octanol–water partition coefficient (Wildman–Crippen LogP) is 2.89. The van der Waals surface area contributed by atoms with E-state index in [-0.39, 0.29) is 36.4 Å². The third-order valence-electron chi connectivity index (χ3n) is 3.44. The van der Waals surface area contributed by atoms with Gasteiger partial charge in [-0.25, -0.2) is 9.98 Å². The van der Waals surface area contributed by atoms with Gasteiger partial charge in [0.1, 0.15) is 12.0 Å². The quantitative estimate of drug-likeness (QED) is 0.279. The van der Waals surface area contributed by atoms with Crippen LogP contribution in [0.1, 0.15) is 24.6 Å². The van der Waals surface area contributed by atoms with Crippen LogP contribution in [0.15, 0.2) is 39.9 Å². The van der Waals surface area contributed by atoms with Gasteiger partial charge >= 0.3 is 5.97 Å². The molecule has 0 radical (unpaired) electrons. The summed E-state index contributed by atoms with van der Waals surface area (Å²) in [5.74, 6) is 0.933. The standard InChI is InChI=1S/C18H24N4O3.HI/c1-4-19-18(20-10-9-16(23)24-3)21-11-15-12-25-17(22-15)14-7-5-13(2)6-8-14;/h5-8,12H,4,9-11H2,1-3H3,(H2,19,20,21);1H. The number of hydrogen-bond acceptors (Lipinski definition) is 5. The number of hydrogen-bond donors (Lipinski definition) is 2. The zero-order chi connectivity index (χ0) is 18.1. The van der Waals surface area contributed by atoms with Crippen LogP contribution < -0.4 is 10.6 Å². The van der Waals surface area contributed by atoms with Gasteiger partial charge in [-0.3, -0.25) is 4.79 Å². The van der Waals surface area contributed by atoms with Crippen molar-refractivity contribution in [2.24, 2.45) is 4.99 Å². The highest BCUT2D eigenvalue weighted by molar-refractivity contribution is 14.0. The van der Waals surface area contributed by atoms with E-state index in [1.165, 1.54) is 12.7 Å². The molecule has 142 valence electrons. The van der Waals surface area contributed by atoms with Crippen LogP contribution >= 0.6 is 24.0 Å². The second-order valence-electron chi connectivity index (χ2n) is 5.46. The van der Waals surface area contributed by atoms with Crippen LogP contribution in [-0.4, -0.2) is 37.1 Å². The van der Waals surface area contributed by atoms with Crippen LogP contribution in [0.25, 0.3) is 11.5 Å². The van der Waals surface area contributed by atoms with Crippen molar-refractivity contribution < 1.29 is 13.9 Å². The van der Waals surface area contributed by atoms with Crippen molar-refractivity contribution in [3.8, 4) is 11.5 Å². The Morgan fingerprint density at radius 3 is 2.65 bits per heavy atom. The number of nitrogens with one attached hydrogen (secondary N) is 2. The van der Waals surface area contributed by atoms with Gasteiger partial charge in [-0.2, -0.15) is 0 Å². The first kappa shape index (κ1) is 21.9. The van der Waals surface area contributed by atoms with Crippen LogP contribution in [0.5, 0.6) is 0 Å². The third-order valence-corrected chi connectivity index (χ3v) is 3.44. The molecule has 8 heteroatoms. The molecule has 0 bridgehead atoms. The molecule has 2 rings (SSSR count). The second kappa shape index (κ2) is 11.5. The van der Waals surface area contributed by atoms with Gasteiger partial charge in [0.25, 0.3) is 0 Å². The summed E-state index contributed by atoms with van der Waals surface area (Å²) in [6.07, 6.45) is 1.89. The average Bonchev–Trinajstić information content (AvgIpc) is 3.09. The molecular weight excluding hydrogens is 447 g/mol. The number of guanidine groups is 1. The summed E-state index contributed by atoms with van der Waals surface area (Å²) in [4.78, 5) is 20.1. The Labute approximate surface area is 170 Å². The van der Waals surface area contributed by atoms with Crippen molar-refractivity contribution in [2.45, 2.75) is 26.8 Å². The number of halogens is 1. The number of aryl methyl sites for hydroxylation is 1. The zero-order valence-corrected chi connectivity index (χ0v) is 17.6. The lowest BCUT2D eigenvalue weighted by Crippen LogP contribution is -2.38. The Morgan fingerprint density at radius 1 is 1.27 bits per heavy atom. The minimum absolute atomic E-state index is 0. The molecule has 7 nitrogen and oxygen atoms in total. The Bertz CT molecular complexity index is 713. The Balaban J connectivity index is 0.00000338. The topological polar surface area (TPSA) is 88.8 Å². The summed E-state index contributed by atoms with van der Waals surface area (Å²) in [6.45, 7) is 5.56. The minimum atomic E-state index is -0.261. The molecule has 0 saturated heterocycles. The molecule has 0 spiro atoms. The normalized spacial score (nSPS) is 10.8. The molecule has 1 aromatic heterocycles. The lowest BCUT2D eigenvalue weighted by atomic mass is 10.1. The van der Waals surface area contributed by atoms with Crippen molar-refractivity contribution >= 4 is 35.9 Å². The lowest BCUT2D eigenvalue weighted by molar-refractivity contribution is -0.140. The number of nitrogens with zero attached hydrogens (tertiary/aromatic N) is 2. The van der Waals surface area contributed by atoms with Gasteiger partial charge in [-0.15, -0.1) is 24.0 Å². The van der Waals surface area contributed by atoms with Crippen LogP contribution in [0.3, 0.4) is 0 Å². The molecule has 1 heterocycles. The van der Waals surface area contributed by atoms with E-state index in [9.17, 15) is 4.79 Å². The van der Waals surface area contributed by atoms with Crippen LogP contribution in [0.2, 0.25) is 0 Å². The summed E-state index contributed by atoms with van der Waals surface area (Å²) >= 11 is 0. The number of aliphatic imine (C=N–C) groups is 1. The van der Waals surface area contributed by atoms with E-state index < -0.39 is 0 Å². The van der Waals surface area contributed by atoms with Gasteiger partial charge in [-0.1, -0.05) is 17.7 Å². The molecule has 1 aromatic carbocycles.